The van der Waals surface area contributed by atoms with Gasteiger partial charge in [0.25, 0.3) is 17.3 Å². The number of amides is 1. The fraction of sp³-hybridized carbons (Fsp3) is 0.0476. The van der Waals surface area contributed by atoms with Crippen molar-refractivity contribution in [3.8, 4) is 11.5 Å². The van der Waals surface area contributed by atoms with E-state index in [0.29, 0.717) is 5.56 Å². The second kappa shape index (κ2) is 10.4. The van der Waals surface area contributed by atoms with Crippen molar-refractivity contribution in [2.45, 2.75) is 4.90 Å². The fourth-order valence-corrected chi connectivity index (χ4v) is 3.66. The van der Waals surface area contributed by atoms with Gasteiger partial charge in [-0.2, -0.15) is 13.5 Å². The van der Waals surface area contributed by atoms with Crippen LogP contribution in [0.3, 0.4) is 0 Å². The number of nitro groups is 2. The molecule has 35 heavy (non-hydrogen) atoms. The summed E-state index contributed by atoms with van der Waals surface area (Å²) in [4.78, 5) is 32.1. The minimum atomic E-state index is -4.31. The summed E-state index contributed by atoms with van der Waals surface area (Å²) in [6, 6.07) is 13.4. The first kappa shape index (κ1) is 24.8. The predicted molar refractivity (Wildman–Crippen MR) is 122 cm³/mol. The summed E-state index contributed by atoms with van der Waals surface area (Å²) in [7, 11) is -3.03. The molecule has 0 unspecified atom stereocenters. The average Bonchev–Trinajstić information content (AvgIpc) is 2.84. The smallest absolute Gasteiger partial charge is 0.339 e. The van der Waals surface area contributed by atoms with E-state index in [4.69, 9.17) is 8.92 Å². The quantitative estimate of drug-likeness (QED) is 0.200. The normalized spacial score (nSPS) is 11.1. The van der Waals surface area contributed by atoms with Gasteiger partial charge in [0.15, 0.2) is 11.5 Å². The molecule has 0 bridgehead atoms. The molecule has 3 aromatic carbocycles. The largest absolute Gasteiger partial charge is 0.493 e. The molecule has 0 radical (unpaired) electrons. The van der Waals surface area contributed by atoms with Crippen molar-refractivity contribution in [2.24, 2.45) is 5.10 Å². The number of carbonyl (C=O) groups excluding carboxylic acids is 1. The number of rotatable bonds is 9. The van der Waals surface area contributed by atoms with Crippen LogP contribution >= 0.6 is 0 Å². The number of ether oxygens (including phenoxy) is 1. The number of carbonyl (C=O) groups is 1. The molecule has 0 aliphatic heterocycles. The Morgan fingerprint density at radius 1 is 0.943 bits per heavy atom. The summed E-state index contributed by atoms with van der Waals surface area (Å²) in [6.45, 7) is 0. The van der Waals surface area contributed by atoms with Gasteiger partial charge in [-0.1, -0.05) is 6.07 Å². The van der Waals surface area contributed by atoms with Crippen LogP contribution in [-0.4, -0.2) is 37.5 Å². The first-order chi connectivity index (χ1) is 16.6. The number of nitrogens with one attached hydrogen (secondary N) is 1. The molecule has 0 saturated carbocycles. The van der Waals surface area contributed by atoms with Crippen LogP contribution in [0.15, 0.2) is 76.7 Å². The van der Waals surface area contributed by atoms with Crippen LogP contribution in [-0.2, 0) is 10.1 Å². The van der Waals surface area contributed by atoms with Crippen molar-refractivity contribution in [3.63, 3.8) is 0 Å². The first-order valence-corrected chi connectivity index (χ1v) is 11.0. The molecule has 0 saturated heterocycles. The van der Waals surface area contributed by atoms with Crippen molar-refractivity contribution in [2.75, 3.05) is 7.11 Å². The third kappa shape index (κ3) is 6.14. The molecule has 0 atom stereocenters. The van der Waals surface area contributed by atoms with E-state index >= 15 is 0 Å². The second-order valence-corrected chi connectivity index (χ2v) is 8.25. The Kier molecular flexibility index (Phi) is 7.36. The van der Waals surface area contributed by atoms with Gasteiger partial charge < -0.3 is 8.92 Å². The molecule has 0 aliphatic rings. The van der Waals surface area contributed by atoms with Gasteiger partial charge in [0.05, 0.1) is 23.2 Å². The molecule has 0 spiro atoms. The summed E-state index contributed by atoms with van der Waals surface area (Å²) in [6.07, 6.45) is 1.24. The molecule has 13 nitrogen and oxygen atoms in total. The van der Waals surface area contributed by atoms with E-state index in [2.05, 4.69) is 10.5 Å². The molecule has 3 rings (SSSR count). The van der Waals surface area contributed by atoms with Crippen molar-refractivity contribution in [1.29, 1.82) is 0 Å². The molecular weight excluding hydrogens is 484 g/mol. The molecule has 0 fully saturated rings. The molecule has 3 aromatic rings. The topological polar surface area (TPSA) is 180 Å². The molecular formula is C21H16N4O9S. The maximum Gasteiger partial charge on any atom is 0.339 e. The summed E-state index contributed by atoms with van der Waals surface area (Å²) >= 11 is 0. The number of benzene rings is 3. The summed E-state index contributed by atoms with van der Waals surface area (Å²) < 4.78 is 35.3. The van der Waals surface area contributed by atoms with Gasteiger partial charge in [-0.05, 0) is 42.0 Å². The Hall–Kier alpha value is -4.85. The highest BCUT2D eigenvalue weighted by Gasteiger charge is 2.20. The molecule has 14 heteroatoms. The minimum absolute atomic E-state index is 0.0319. The monoisotopic (exact) mass is 500 g/mol. The van der Waals surface area contributed by atoms with Crippen LogP contribution in [0.25, 0.3) is 0 Å². The standard InChI is InChI=1S/C21H16N4O9S/c1-33-20-11-14(13-22-23-21(26)15-3-2-4-17(12-15)25(29)30)5-10-19(20)34-35(31,32)18-8-6-16(7-9-18)24(27)28/h2-13H,1H3,(H,23,26)/b22-13-. The summed E-state index contributed by atoms with van der Waals surface area (Å²) in [5.74, 6) is -0.792. The van der Waals surface area contributed by atoms with Crippen molar-refractivity contribution >= 4 is 33.6 Å². The Morgan fingerprint density at radius 3 is 2.26 bits per heavy atom. The van der Waals surface area contributed by atoms with E-state index in [1.807, 2.05) is 0 Å². The number of nitro benzene ring substituents is 2. The Labute approximate surface area is 198 Å². The van der Waals surface area contributed by atoms with E-state index in [9.17, 15) is 33.4 Å². The zero-order chi connectivity index (χ0) is 25.6. The number of non-ortho nitro benzene ring substituents is 2. The molecule has 1 N–H and O–H groups in total. The molecule has 0 aromatic heterocycles. The lowest BCUT2D eigenvalue weighted by molar-refractivity contribution is -0.385. The lowest BCUT2D eigenvalue weighted by Crippen LogP contribution is -2.17. The highest BCUT2D eigenvalue weighted by molar-refractivity contribution is 7.87. The van der Waals surface area contributed by atoms with Gasteiger partial charge >= 0.3 is 10.1 Å². The van der Waals surface area contributed by atoms with Gasteiger partial charge in [0.1, 0.15) is 4.90 Å². The van der Waals surface area contributed by atoms with E-state index in [1.54, 1.807) is 0 Å². The van der Waals surface area contributed by atoms with Gasteiger partial charge in [-0.25, -0.2) is 5.43 Å². The highest BCUT2D eigenvalue weighted by atomic mass is 32.2. The van der Waals surface area contributed by atoms with Crippen LogP contribution in [0, 0.1) is 20.2 Å². The number of methoxy groups -OCH3 is 1. The maximum absolute atomic E-state index is 12.5. The summed E-state index contributed by atoms with van der Waals surface area (Å²) in [5.41, 5.74) is 2.15. The minimum Gasteiger partial charge on any atom is -0.493 e. The lowest BCUT2D eigenvalue weighted by Gasteiger charge is -2.11. The molecule has 0 aliphatic carbocycles. The van der Waals surface area contributed by atoms with E-state index in [-0.39, 0.29) is 33.3 Å². The third-order valence-electron chi connectivity index (χ3n) is 4.42. The van der Waals surface area contributed by atoms with Crippen molar-refractivity contribution < 1.29 is 32.0 Å². The van der Waals surface area contributed by atoms with Gasteiger partial charge in [-0.3, -0.25) is 25.0 Å². The Balaban J connectivity index is 1.72. The van der Waals surface area contributed by atoms with Gasteiger partial charge in [0.2, 0.25) is 0 Å². The Morgan fingerprint density at radius 2 is 1.63 bits per heavy atom. The predicted octanol–water partition coefficient (Wildman–Crippen LogP) is 3.04. The van der Waals surface area contributed by atoms with E-state index < -0.39 is 25.9 Å². The van der Waals surface area contributed by atoms with Gasteiger partial charge in [-0.15, -0.1) is 0 Å². The number of hydrogen-bond donors (Lipinski definition) is 1. The second-order valence-electron chi connectivity index (χ2n) is 6.71. The number of hydrazone groups is 1. The number of hydrogen-bond acceptors (Lipinski definition) is 10. The van der Waals surface area contributed by atoms with Crippen molar-refractivity contribution in [3.05, 3.63) is 98.1 Å². The highest BCUT2D eigenvalue weighted by Crippen LogP contribution is 2.30. The molecule has 0 heterocycles. The van der Waals surface area contributed by atoms with Crippen LogP contribution in [0.4, 0.5) is 11.4 Å². The Bertz CT molecular complexity index is 1420. The van der Waals surface area contributed by atoms with Crippen molar-refractivity contribution in [1.82, 2.24) is 5.43 Å². The fourth-order valence-electron chi connectivity index (χ4n) is 2.72. The van der Waals surface area contributed by atoms with E-state index in [1.165, 1.54) is 49.7 Å². The zero-order valence-corrected chi connectivity index (χ0v) is 18.7. The third-order valence-corrected chi connectivity index (χ3v) is 5.67. The van der Waals surface area contributed by atoms with Gasteiger partial charge in [0, 0.05) is 29.8 Å². The zero-order valence-electron chi connectivity index (χ0n) is 17.9. The first-order valence-electron chi connectivity index (χ1n) is 9.55. The molecule has 1 amide bonds. The summed E-state index contributed by atoms with van der Waals surface area (Å²) in [5, 5.41) is 25.3. The maximum atomic E-state index is 12.5. The lowest BCUT2D eigenvalue weighted by atomic mass is 10.2. The number of nitrogens with zero attached hydrogens (tertiary/aromatic N) is 3. The van der Waals surface area contributed by atoms with Crippen LogP contribution < -0.4 is 14.3 Å². The van der Waals surface area contributed by atoms with Crippen LogP contribution in [0.5, 0.6) is 11.5 Å². The SMILES string of the molecule is COc1cc(/C=N\NC(=O)c2cccc([N+](=O)[O-])c2)ccc1OS(=O)(=O)c1ccc([N+](=O)[O-])cc1. The van der Waals surface area contributed by atoms with Crippen LogP contribution in [0.1, 0.15) is 15.9 Å². The molecule has 180 valence electrons. The average molecular weight is 500 g/mol. The van der Waals surface area contributed by atoms with E-state index in [0.717, 1.165) is 30.3 Å². The van der Waals surface area contributed by atoms with Crippen LogP contribution in [0.2, 0.25) is 0 Å².